The van der Waals surface area contributed by atoms with Gasteiger partial charge in [-0.25, -0.2) is 4.98 Å². The van der Waals surface area contributed by atoms with Crippen molar-refractivity contribution in [3.63, 3.8) is 0 Å². The Labute approximate surface area is 150 Å². The first kappa shape index (κ1) is 17.0. The summed E-state index contributed by atoms with van der Waals surface area (Å²) in [6.45, 7) is 4.81. The number of nitrogens with zero attached hydrogens (tertiary/aromatic N) is 2. The fourth-order valence-corrected chi connectivity index (χ4v) is 3.78. The van der Waals surface area contributed by atoms with Crippen LogP contribution in [0.4, 0.5) is 5.13 Å². The minimum atomic E-state index is -0.199. The third kappa shape index (κ3) is 4.19. The van der Waals surface area contributed by atoms with Gasteiger partial charge in [0.25, 0.3) is 5.91 Å². The number of nitrogens with one attached hydrogen (secondary N) is 1. The lowest BCUT2D eigenvalue weighted by atomic mass is 10.2. The van der Waals surface area contributed by atoms with E-state index in [-0.39, 0.29) is 11.1 Å². The summed E-state index contributed by atoms with van der Waals surface area (Å²) in [5.41, 5.74) is 1.18. The molecule has 2 heterocycles. The molecule has 0 spiro atoms. The molecule has 1 aliphatic rings. The lowest BCUT2D eigenvalue weighted by Crippen LogP contribution is -2.27. The molecule has 1 amide bonds. The number of aryl methyl sites for hydroxylation is 1. The lowest BCUT2D eigenvalue weighted by Gasteiger charge is -2.11. The van der Waals surface area contributed by atoms with Gasteiger partial charge in [-0.05, 0) is 31.9 Å². The van der Waals surface area contributed by atoms with Crippen molar-refractivity contribution in [3.05, 3.63) is 39.9 Å². The van der Waals surface area contributed by atoms with Crippen LogP contribution in [-0.2, 0) is 0 Å². The predicted molar refractivity (Wildman–Crippen MR) is 97.6 cm³/mol. The zero-order chi connectivity index (χ0) is 16.9. The number of anilines is 1. The second-order valence-electron chi connectivity index (χ2n) is 5.73. The molecule has 1 fully saturated rings. The van der Waals surface area contributed by atoms with Crippen LogP contribution in [0.5, 0.6) is 5.75 Å². The Morgan fingerprint density at radius 3 is 2.75 bits per heavy atom. The number of aromatic nitrogens is 1. The summed E-state index contributed by atoms with van der Waals surface area (Å²) in [4.78, 5) is 19.2. The van der Waals surface area contributed by atoms with E-state index < -0.39 is 0 Å². The fourth-order valence-electron chi connectivity index (χ4n) is 2.52. The zero-order valence-electron chi connectivity index (χ0n) is 13.5. The molecule has 24 heavy (non-hydrogen) atoms. The van der Waals surface area contributed by atoms with E-state index in [0.29, 0.717) is 18.0 Å². The van der Waals surface area contributed by atoms with Gasteiger partial charge >= 0.3 is 0 Å². The van der Waals surface area contributed by atoms with Gasteiger partial charge in [-0.3, -0.25) is 4.79 Å². The number of carbonyl (C=O) groups excluding carboxylic acids is 1. The highest BCUT2D eigenvalue weighted by atomic mass is 35.5. The number of benzene rings is 1. The molecule has 0 atom stereocenters. The van der Waals surface area contributed by atoms with E-state index in [1.54, 1.807) is 0 Å². The van der Waals surface area contributed by atoms with Gasteiger partial charge in [-0.2, -0.15) is 0 Å². The van der Waals surface area contributed by atoms with Crippen molar-refractivity contribution in [2.24, 2.45) is 0 Å². The van der Waals surface area contributed by atoms with E-state index in [1.807, 2.05) is 31.2 Å². The summed E-state index contributed by atoms with van der Waals surface area (Å²) in [7, 11) is 0. The highest BCUT2D eigenvalue weighted by Gasteiger charge is 2.21. The Morgan fingerprint density at radius 1 is 1.33 bits per heavy atom. The van der Waals surface area contributed by atoms with Gasteiger partial charge in [0, 0.05) is 13.1 Å². The maximum atomic E-state index is 12.3. The number of hydrogen-bond acceptors (Lipinski definition) is 5. The normalized spacial score (nSPS) is 14.0. The molecule has 1 aromatic carbocycles. The van der Waals surface area contributed by atoms with Crippen LogP contribution in [0.15, 0.2) is 24.3 Å². The molecule has 7 heteroatoms. The molecule has 0 aliphatic carbocycles. The van der Waals surface area contributed by atoms with Crippen molar-refractivity contribution in [2.75, 3.05) is 31.1 Å². The maximum absolute atomic E-state index is 12.3. The summed E-state index contributed by atoms with van der Waals surface area (Å²) in [5.74, 6) is 0.595. The quantitative estimate of drug-likeness (QED) is 0.796. The number of carbonyl (C=O) groups is 1. The first-order valence-corrected chi connectivity index (χ1v) is 9.22. The molecule has 0 unspecified atom stereocenters. The van der Waals surface area contributed by atoms with E-state index in [2.05, 4.69) is 15.2 Å². The highest BCUT2D eigenvalue weighted by Crippen LogP contribution is 2.31. The van der Waals surface area contributed by atoms with E-state index in [4.69, 9.17) is 16.3 Å². The standard InChI is InChI=1S/C17H20ClN3O2S/c1-12-4-6-13(7-5-12)23-11-8-19-16(22)14-15(18)20-17(24-14)21-9-2-3-10-21/h4-7H,2-3,8-11H2,1H3,(H,19,22). The molecule has 1 saturated heterocycles. The van der Waals surface area contributed by atoms with Gasteiger partial charge in [0.1, 0.15) is 17.2 Å². The monoisotopic (exact) mass is 365 g/mol. The molecular formula is C17H20ClN3O2S. The lowest BCUT2D eigenvalue weighted by molar-refractivity contribution is 0.0951. The van der Waals surface area contributed by atoms with Crippen molar-refractivity contribution >= 4 is 34.0 Å². The number of hydrogen-bond donors (Lipinski definition) is 1. The molecule has 3 rings (SSSR count). The average molecular weight is 366 g/mol. The summed E-state index contributed by atoms with van der Waals surface area (Å²) in [6, 6.07) is 7.81. The third-order valence-corrected chi connectivity index (χ3v) is 5.34. The minimum absolute atomic E-state index is 0.199. The van der Waals surface area contributed by atoms with Gasteiger partial charge < -0.3 is 15.0 Å². The zero-order valence-corrected chi connectivity index (χ0v) is 15.1. The van der Waals surface area contributed by atoms with Crippen molar-refractivity contribution < 1.29 is 9.53 Å². The number of halogens is 1. The Kier molecular flexibility index (Phi) is 5.58. The molecule has 0 radical (unpaired) electrons. The second kappa shape index (κ2) is 7.85. The van der Waals surface area contributed by atoms with Gasteiger partial charge in [0.15, 0.2) is 10.3 Å². The van der Waals surface area contributed by atoms with Crippen molar-refractivity contribution in [1.29, 1.82) is 0 Å². The predicted octanol–water partition coefficient (Wildman–Crippen LogP) is 3.51. The van der Waals surface area contributed by atoms with E-state index in [0.717, 1.165) is 36.8 Å². The first-order chi connectivity index (χ1) is 11.6. The smallest absolute Gasteiger partial charge is 0.264 e. The van der Waals surface area contributed by atoms with Crippen LogP contribution in [-0.4, -0.2) is 37.1 Å². The highest BCUT2D eigenvalue weighted by molar-refractivity contribution is 7.18. The van der Waals surface area contributed by atoms with Crippen LogP contribution in [0.25, 0.3) is 0 Å². The first-order valence-electron chi connectivity index (χ1n) is 8.02. The fraction of sp³-hybridized carbons (Fsp3) is 0.412. The molecular weight excluding hydrogens is 346 g/mol. The van der Waals surface area contributed by atoms with Crippen molar-refractivity contribution in [2.45, 2.75) is 19.8 Å². The molecule has 0 bridgehead atoms. The Morgan fingerprint density at radius 2 is 2.04 bits per heavy atom. The van der Waals surface area contributed by atoms with E-state index in [9.17, 15) is 4.79 Å². The van der Waals surface area contributed by atoms with Crippen LogP contribution in [0.1, 0.15) is 28.1 Å². The number of rotatable bonds is 6. The van der Waals surface area contributed by atoms with Crippen molar-refractivity contribution in [1.82, 2.24) is 10.3 Å². The van der Waals surface area contributed by atoms with Gasteiger partial charge in [-0.1, -0.05) is 40.6 Å². The summed E-state index contributed by atoms with van der Waals surface area (Å²) >= 11 is 7.47. The SMILES string of the molecule is Cc1ccc(OCCNC(=O)c2sc(N3CCCC3)nc2Cl)cc1. The average Bonchev–Trinajstić information content (AvgIpc) is 3.22. The summed E-state index contributed by atoms with van der Waals surface area (Å²) < 4.78 is 5.60. The third-order valence-electron chi connectivity index (χ3n) is 3.83. The Bertz CT molecular complexity index is 696. The largest absolute Gasteiger partial charge is 0.492 e. The molecule has 1 N–H and O–H groups in total. The minimum Gasteiger partial charge on any atom is -0.492 e. The summed E-state index contributed by atoms with van der Waals surface area (Å²) in [5, 5.41) is 3.94. The van der Waals surface area contributed by atoms with Crippen LogP contribution >= 0.6 is 22.9 Å². The Hall–Kier alpha value is -1.79. The van der Waals surface area contributed by atoms with E-state index >= 15 is 0 Å². The number of ether oxygens (including phenoxy) is 1. The van der Waals surface area contributed by atoms with Gasteiger partial charge in [0.05, 0.1) is 6.54 Å². The number of thiazole rings is 1. The van der Waals surface area contributed by atoms with Crippen LogP contribution in [0.2, 0.25) is 5.15 Å². The second-order valence-corrected chi connectivity index (χ2v) is 7.06. The molecule has 0 saturated carbocycles. The van der Waals surface area contributed by atoms with Gasteiger partial charge in [0.2, 0.25) is 0 Å². The van der Waals surface area contributed by atoms with Crippen molar-refractivity contribution in [3.8, 4) is 5.75 Å². The number of amides is 1. The summed E-state index contributed by atoms with van der Waals surface area (Å²) in [6.07, 6.45) is 2.32. The Balaban J connectivity index is 1.49. The topological polar surface area (TPSA) is 54.5 Å². The van der Waals surface area contributed by atoms with Crippen LogP contribution < -0.4 is 15.0 Å². The van der Waals surface area contributed by atoms with Crippen LogP contribution in [0.3, 0.4) is 0 Å². The molecule has 1 aliphatic heterocycles. The maximum Gasteiger partial charge on any atom is 0.264 e. The van der Waals surface area contributed by atoms with Gasteiger partial charge in [-0.15, -0.1) is 0 Å². The molecule has 128 valence electrons. The molecule has 5 nitrogen and oxygen atoms in total. The van der Waals surface area contributed by atoms with E-state index in [1.165, 1.54) is 16.9 Å². The molecule has 2 aromatic rings. The van der Waals surface area contributed by atoms with Crippen LogP contribution in [0, 0.1) is 6.92 Å². The molecule has 1 aromatic heterocycles.